The van der Waals surface area contributed by atoms with Gasteiger partial charge in [0.2, 0.25) is 0 Å². The molecule has 0 fully saturated rings. The maximum Gasteiger partial charge on any atom is 0.416 e. The molecule has 0 atom stereocenters. The number of rotatable bonds is 5. The molecule has 0 N–H and O–H groups in total. The molecule has 0 saturated heterocycles. The summed E-state index contributed by atoms with van der Waals surface area (Å²) in [5.74, 6) is 1.71. The first-order chi connectivity index (χ1) is 9.91. The van der Waals surface area contributed by atoms with Crippen molar-refractivity contribution in [2.45, 2.75) is 18.9 Å². The SMILES string of the molecule is C=CCSCc1sc(-c2ccc(C(F)(F)F)cc2)nc1C. The zero-order chi connectivity index (χ0) is 15.5. The number of benzene rings is 1. The Morgan fingerprint density at radius 3 is 2.52 bits per heavy atom. The number of alkyl halides is 3. The molecule has 0 radical (unpaired) electrons. The van der Waals surface area contributed by atoms with E-state index in [4.69, 9.17) is 0 Å². The quantitative estimate of drug-likeness (QED) is 0.526. The van der Waals surface area contributed by atoms with Crippen molar-refractivity contribution in [3.8, 4) is 10.6 Å². The Balaban J connectivity index is 2.18. The molecular weight excluding hydrogens is 315 g/mol. The van der Waals surface area contributed by atoms with Gasteiger partial charge in [-0.15, -0.1) is 17.9 Å². The minimum Gasteiger partial charge on any atom is -0.241 e. The third kappa shape index (κ3) is 4.11. The number of aromatic nitrogens is 1. The summed E-state index contributed by atoms with van der Waals surface area (Å²) in [4.78, 5) is 5.60. The molecule has 21 heavy (non-hydrogen) atoms. The highest BCUT2D eigenvalue weighted by molar-refractivity contribution is 7.98. The lowest BCUT2D eigenvalue weighted by atomic mass is 10.1. The number of halogens is 3. The molecule has 1 aromatic heterocycles. The third-order valence-corrected chi connectivity index (χ3v) is 5.17. The number of aryl methyl sites for hydroxylation is 1. The second-order valence-corrected chi connectivity index (χ2v) is 6.52. The molecule has 0 aliphatic carbocycles. The summed E-state index contributed by atoms with van der Waals surface area (Å²) in [5, 5.41) is 0.760. The molecule has 1 aromatic carbocycles. The first-order valence-corrected chi connectivity index (χ1v) is 8.21. The fraction of sp³-hybridized carbons (Fsp3) is 0.267. The normalized spacial score (nSPS) is 11.6. The van der Waals surface area contributed by atoms with E-state index in [9.17, 15) is 13.2 Å². The van der Waals surface area contributed by atoms with Gasteiger partial charge in [-0.25, -0.2) is 4.98 Å². The van der Waals surface area contributed by atoms with E-state index in [1.165, 1.54) is 23.5 Å². The van der Waals surface area contributed by atoms with E-state index in [-0.39, 0.29) is 0 Å². The highest BCUT2D eigenvalue weighted by Gasteiger charge is 2.30. The smallest absolute Gasteiger partial charge is 0.241 e. The third-order valence-electron chi connectivity index (χ3n) is 2.82. The number of thioether (sulfide) groups is 1. The van der Waals surface area contributed by atoms with Crippen LogP contribution in [-0.2, 0) is 11.9 Å². The maximum atomic E-state index is 12.5. The average Bonchev–Trinajstić information content (AvgIpc) is 2.80. The van der Waals surface area contributed by atoms with Gasteiger partial charge in [0.25, 0.3) is 0 Å². The molecule has 0 bridgehead atoms. The van der Waals surface area contributed by atoms with Crippen molar-refractivity contribution in [1.82, 2.24) is 4.98 Å². The Kier molecular flexibility index (Phi) is 5.11. The highest BCUT2D eigenvalue weighted by atomic mass is 32.2. The number of thiazole rings is 1. The van der Waals surface area contributed by atoms with E-state index in [0.717, 1.165) is 44.8 Å². The molecule has 0 spiro atoms. The lowest BCUT2D eigenvalue weighted by Gasteiger charge is -2.06. The van der Waals surface area contributed by atoms with Crippen molar-refractivity contribution in [3.05, 3.63) is 53.1 Å². The van der Waals surface area contributed by atoms with E-state index in [2.05, 4.69) is 11.6 Å². The van der Waals surface area contributed by atoms with Crippen LogP contribution >= 0.6 is 23.1 Å². The van der Waals surface area contributed by atoms with Gasteiger partial charge in [-0.05, 0) is 19.1 Å². The predicted octanol–water partition coefficient (Wildman–Crippen LogP) is 5.56. The molecule has 0 unspecified atom stereocenters. The lowest BCUT2D eigenvalue weighted by molar-refractivity contribution is -0.137. The Hall–Kier alpha value is -1.27. The molecule has 1 nitrogen and oxygen atoms in total. The van der Waals surface area contributed by atoms with E-state index in [1.807, 2.05) is 13.0 Å². The minimum atomic E-state index is -4.30. The molecule has 112 valence electrons. The van der Waals surface area contributed by atoms with Gasteiger partial charge in [0.15, 0.2) is 0 Å². The standard InChI is InChI=1S/C15H14F3NS2/c1-3-8-20-9-13-10(2)19-14(21-13)11-4-6-12(7-5-11)15(16,17)18/h3-7H,1,8-9H2,2H3. The zero-order valence-corrected chi connectivity index (χ0v) is 13.0. The van der Waals surface area contributed by atoms with Crippen molar-refractivity contribution < 1.29 is 13.2 Å². The van der Waals surface area contributed by atoms with Gasteiger partial charge in [-0.3, -0.25) is 0 Å². The van der Waals surface area contributed by atoms with E-state index in [1.54, 1.807) is 11.8 Å². The second kappa shape index (κ2) is 6.66. The largest absolute Gasteiger partial charge is 0.416 e. The van der Waals surface area contributed by atoms with Crippen LogP contribution in [0.2, 0.25) is 0 Å². The Morgan fingerprint density at radius 1 is 1.29 bits per heavy atom. The molecule has 0 saturated carbocycles. The van der Waals surface area contributed by atoms with Gasteiger partial charge < -0.3 is 0 Å². The van der Waals surface area contributed by atoms with Gasteiger partial charge in [-0.1, -0.05) is 18.2 Å². The van der Waals surface area contributed by atoms with Gasteiger partial charge in [-0.2, -0.15) is 24.9 Å². The van der Waals surface area contributed by atoms with Crippen LogP contribution in [0, 0.1) is 6.92 Å². The van der Waals surface area contributed by atoms with Crippen molar-refractivity contribution in [3.63, 3.8) is 0 Å². The van der Waals surface area contributed by atoms with E-state index < -0.39 is 11.7 Å². The Morgan fingerprint density at radius 2 is 1.95 bits per heavy atom. The van der Waals surface area contributed by atoms with Gasteiger partial charge >= 0.3 is 6.18 Å². The fourth-order valence-electron chi connectivity index (χ4n) is 1.72. The molecule has 2 rings (SSSR count). The van der Waals surface area contributed by atoms with Gasteiger partial charge in [0.1, 0.15) is 5.01 Å². The van der Waals surface area contributed by atoms with Crippen molar-refractivity contribution in [1.29, 1.82) is 0 Å². The topological polar surface area (TPSA) is 12.9 Å². The summed E-state index contributed by atoms with van der Waals surface area (Å²) in [6.07, 6.45) is -2.46. The molecule has 0 amide bonds. The number of hydrogen-bond acceptors (Lipinski definition) is 3. The monoisotopic (exact) mass is 329 g/mol. The molecular formula is C15H14F3NS2. The highest BCUT2D eigenvalue weighted by Crippen LogP contribution is 2.33. The van der Waals surface area contributed by atoms with Crippen molar-refractivity contribution >= 4 is 23.1 Å². The zero-order valence-electron chi connectivity index (χ0n) is 11.4. The average molecular weight is 329 g/mol. The van der Waals surface area contributed by atoms with Crippen LogP contribution in [0.5, 0.6) is 0 Å². The summed E-state index contributed by atoms with van der Waals surface area (Å²) in [6.45, 7) is 5.59. The van der Waals surface area contributed by atoms with Crippen LogP contribution in [0.1, 0.15) is 16.1 Å². The van der Waals surface area contributed by atoms with E-state index >= 15 is 0 Å². The predicted molar refractivity (Wildman–Crippen MR) is 83.6 cm³/mol. The Labute approximate surface area is 129 Å². The van der Waals surface area contributed by atoms with Crippen molar-refractivity contribution in [2.24, 2.45) is 0 Å². The molecule has 0 aliphatic rings. The van der Waals surface area contributed by atoms with Crippen LogP contribution in [-0.4, -0.2) is 10.7 Å². The summed E-state index contributed by atoms with van der Waals surface area (Å²) >= 11 is 3.27. The molecule has 1 heterocycles. The van der Waals surface area contributed by atoms with Crippen LogP contribution < -0.4 is 0 Å². The number of nitrogens with zero attached hydrogens (tertiary/aromatic N) is 1. The molecule has 2 aromatic rings. The number of hydrogen-bond donors (Lipinski definition) is 0. The first kappa shape index (κ1) is 16.1. The summed E-state index contributed by atoms with van der Waals surface area (Å²) in [6, 6.07) is 5.14. The Bertz CT molecular complexity index is 615. The fourth-order valence-corrected chi connectivity index (χ4v) is 3.75. The van der Waals surface area contributed by atoms with Crippen molar-refractivity contribution in [2.75, 3.05) is 5.75 Å². The maximum absolute atomic E-state index is 12.5. The van der Waals surface area contributed by atoms with Gasteiger partial charge in [0, 0.05) is 21.9 Å². The van der Waals surface area contributed by atoms with Crippen LogP contribution in [0.25, 0.3) is 10.6 Å². The second-order valence-electron chi connectivity index (χ2n) is 4.41. The molecule has 0 aliphatic heterocycles. The van der Waals surface area contributed by atoms with Gasteiger partial charge in [0.05, 0.1) is 11.3 Å². The summed E-state index contributed by atoms with van der Waals surface area (Å²) in [5.41, 5.74) is 1.02. The molecule has 6 heteroatoms. The first-order valence-electron chi connectivity index (χ1n) is 6.24. The lowest BCUT2D eigenvalue weighted by Crippen LogP contribution is -2.03. The van der Waals surface area contributed by atoms with Crippen LogP contribution in [0.15, 0.2) is 36.9 Å². The van der Waals surface area contributed by atoms with E-state index in [0.29, 0.717) is 0 Å². The summed E-state index contributed by atoms with van der Waals surface area (Å²) in [7, 11) is 0. The van der Waals surface area contributed by atoms with Crippen LogP contribution in [0.3, 0.4) is 0 Å². The summed E-state index contributed by atoms with van der Waals surface area (Å²) < 4.78 is 37.6. The minimum absolute atomic E-state index is 0.638. The van der Waals surface area contributed by atoms with Crippen LogP contribution in [0.4, 0.5) is 13.2 Å².